The third kappa shape index (κ3) is 29.2. The second kappa shape index (κ2) is 41.5. The molecule has 0 saturated carbocycles. The van der Waals surface area contributed by atoms with Crippen LogP contribution in [0.2, 0.25) is 0 Å². The van der Waals surface area contributed by atoms with E-state index in [1.807, 2.05) is 113 Å². The summed E-state index contributed by atoms with van der Waals surface area (Å²) in [5.41, 5.74) is 23.6. The van der Waals surface area contributed by atoms with Gasteiger partial charge in [-0.05, 0) is 240 Å². The zero-order valence-corrected chi connectivity index (χ0v) is 65.6. The number of benzene rings is 6. The van der Waals surface area contributed by atoms with Gasteiger partial charge in [-0.3, -0.25) is 53.3 Å². The molecule has 0 spiro atoms. The summed E-state index contributed by atoms with van der Waals surface area (Å²) in [4.78, 5) is 93.4. The quantitative estimate of drug-likeness (QED) is 0.0293. The number of hydrogen-bond donors (Lipinski definition) is 5. The summed E-state index contributed by atoms with van der Waals surface area (Å²) in [6, 6.07) is 50.3. The van der Waals surface area contributed by atoms with Crippen LogP contribution in [0, 0.1) is 17.5 Å². The maximum Gasteiger partial charge on any atom is 0.320 e. The predicted molar refractivity (Wildman–Crippen MR) is 426 cm³/mol. The number of primary amides is 3. The average Bonchev–Trinajstić information content (AvgIpc) is 0.828. The summed E-state index contributed by atoms with van der Waals surface area (Å²) in [6.07, 6.45) is 0. The third-order valence-corrected chi connectivity index (χ3v) is 17.5. The number of ether oxygens (including phenoxy) is 5. The molecule has 8 N–H and O–H groups in total. The van der Waals surface area contributed by atoms with Crippen LogP contribution in [0.4, 0.5) is 13.2 Å². The Morgan fingerprint density at radius 1 is 0.402 bits per heavy atom. The second-order valence-corrected chi connectivity index (χ2v) is 29.0. The lowest BCUT2D eigenvalue weighted by Crippen LogP contribution is -2.48. The molecule has 12 rings (SSSR count). The standard InChI is InChI=1S/C29H33FN4O4.C25H25FN4O4.C23H23FN4O2.C6H11BrO2.ClH/c1-29(2,3)38-27(35)19-34-14-12-33(13-15-34)18-20-16-25(32-26(17-20)28(31)36)21-4-8-23(9-5-21)37-24-10-6-22(30)7-11-24;26-19-3-7-21(8-4-19)34-20-5-1-18(2-6-20)22-13-17(14-23(28-22)25(27)33)15-29-9-11-30(12-10-29)16-24(31)32;24-18-3-7-20(8-4-18)30-19-5-1-17(2-6-19)21-13-16(14-22(27-21)23(25)29)15-28-11-9-26-10-12-28;1-6(2,3)9-5(8)4-7;/h4-11,16-17H,12-15,18-19H2,1-3H3,(H2,31,36);1-8,13-14H,9-12,15-16H2,(H2,27,33)(H,31,32);1-8,13-14,26H,9-12,15H2,(H2,25,29);4H2,1-3H3;1H. The zero-order valence-electron chi connectivity index (χ0n) is 63.2. The number of pyridine rings is 3. The Kier molecular flexibility index (Phi) is 32.2. The molecule has 3 fully saturated rings. The summed E-state index contributed by atoms with van der Waals surface area (Å²) >= 11 is 2.99. The number of hydrogen-bond acceptors (Lipinski definition) is 20. The highest BCUT2D eigenvalue weighted by Crippen LogP contribution is 2.31. The number of piperazine rings is 3. The van der Waals surface area contributed by atoms with Gasteiger partial charge >= 0.3 is 17.9 Å². The zero-order chi connectivity index (χ0) is 79.8. The molecule has 112 heavy (non-hydrogen) atoms. The number of nitrogens with one attached hydrogen (secondary N) is 1. The smallest absolute Gasteiger partial charge is 0.320 e. The van der Waals surface area contributed by atoms with Crippen molar-refractivity contribution in [1.29, 1.82) is 0 Å². The molecule has 24 nitrogen and oxygen atoms in total. The lowest BCUT2D eigenvalue weighted by molar-refractivity contribution is -0.156. The Morgan fingerprint density at radius 3 is 0.920 bits per heavy atom. The summed E-state index contributed by atoms with van der Waals surface area (Å²) < 4.78 is 66.8. The molecule has 3 saturated heterocycles. The van der Waals surface area contributed by atoms with Crippen LogP contribution in [0.25, 0.3) is 33.8 Å². The van der Waals surface area contributed by atoms with Crippen molar-refractivity contribution in [2.45, 2.75) is 72.4 Å². The predicted octanol–water partition coefficient (Wildman–Crippen LogP) is 12.5. The van der Waals surface area contributed by atoms with Crippen molar-refractivity contribution in [2.75, 3.05) is 97.0 Å². The minimum atomic E-state index is -0.826. The van der Waals surface area contributed by atoms with E-state index >= 15 is 0 Å². The number of aliphatic carboxylic acids is 1. The maximum absolute atomic E-state index is 13.1. The first kappa shape index (κ1) is 86.9. The largest absolute Gasteiger partial charge is 0.480 e. The monoisotopic (exact) mass is 1620 g/mol. The third-order valence-electron chi connectivity index (χ3n) is 17.0. The van der Waals surface area contributed by atoms with Gasteiger partial charge in [0.15, 0.2) is 0 Å². The highest BCUT2D eigenvalue weighted by atomic mass is 79.9. The number of carbonyl (C=O) groups is 6. The van der Waals surface area contributed by atoms with Crippen LogP contribution in [0.1, 0.15) is 89.7 Å². The van der Waals surface area contributed by atoms with Gasteiger partial charge in [-0.25, -0.2) is 28.1 Å². The summed E-state index contributed by atoms with van der Waals surface area (Å²) in [5, 5.41) is 12.6. The van der Waals surface area contributed by atoms with Gasteiger partial charge in [0, 0.05) is 115 Å². The number of carboxylic acid groups (broad SMARTS) is 1. The molecule has 3 amide bonds. The van der Waals surface area contributed by atoms with Crippen molar-refractivity contribution < 1.29 is 70.7 Å². The molecule has 0 bridgehead atoms. The van der Waals surface area contributed by atoms with Gasteiger partial charge in [0.2, 0.25) is 0 Å². The Bertz CT molecular complexity index is 4600. The molecule has 0 unspecified atom stereocenters. The van der Waals surface area contributed by atoms with Crippen molar-refractivity contribution in [3.8, 4) is 68.3 Å². The van der Waals surface area contributed by atoms with E-state index in [0.29, 0.717) is 77.8 Å². The first-order valence-corrected chi connectivity index (χ1v) is 37.1. The normalized spacial score (nSPS) is 14.2. The van der Waals surface area contributed by atoms with Gasteiger partial charge < -0.3 is 51.3 Å². The van der Waals surface area contributed by atoms with E-state index in [9.17, 15) is 41.9 Å². The van der Waals surface area contributed by atoms with Gasteiger partial charge in [-0.1, -0.05) is 15.9 Å². The first-order chi connectivity index (χ1) is 52.9. The molecule has 3 aliphatic heterocycles. The van der Waals surface area contributed by atoms with Crippen molar-refractivity contribution in [3.63, 3.8) is 0 Å². The number of esters is 2. The van der Waals surface area contributed by atoms with Crippen molar-refractivity contribution in [1.82, 2.24) is 44.8 Å². The molecule has 3 aromatic heterocycles. The maximum atomic E-state index is 13.1. The van der Waals surface area contributed by atoms with Crippen LogP contribution < -0.4 is 36.7 Å². The minimum Gasteiger partial charge on any atom is -0.480 e. The van der Waals surface area contributed by atoms with E-state index in [2.05, 4.69) is 55.8 Å². The SMILES string of the molecule is CC(C)(C)OC(=O)CBr.CC(C)(C)OC(=O)CN1CCN(Cc2cc(C(N)=O)nc(-c3ccc(Oc4ccc(F)cc4)cc3)c2)CC1.Cl.NC(=O)c1cc(CN2CCN(CC(=O)O)CC2)cc(-c2ccc(Oc3ccc(F)cc3)cc2)n1.NC(=O)c1cc(CN2CCNCC2)cc(-c2ccc(Oc3ccc(F)cc3)cc2)n1. The molecular formula is C83H93BrClF3N12O12. The number of rotatable bonds is 23. The Labute approximate surface area is 663 Å². The number of halogens is 5. The molecule has 29 heteroatoms. The van der Waals surface area contributed by atoms with Crippen LogP contribution in [-0.2, 0) is 43.5 Å². The summed E-state index contributed by atoms with van der Waals surface area (Å²) in [6.45, 7) is 23.1. The molecule has 592 valence electrons. The highest BCUT2D eigenvalue weighted by molar-refractivity contribution is 9.09. The van der Waals surface area contributed by atoms with Crippen LogP contribution in [0.15, 0.2) is 182 Å². The second-order valence-electron chi connectivity index (χ2n) is 28.4. The number of amides is 3. The molecule has 6 heterocycles. The lowest BCUT2D eigenvalue weighted by atomic mass is 10.1. The molecule has 9 aromatic rings. The van der Waals surface area contributed by atoms with Gasteiger partial charge in [-0.15, -0.1) is 12.4 Å². The highest BCUT2D eigenvalue weighted by Gasteiger charge is 2.25. The topological polar surface area (TPSA) is 314 Å². The fraction of sp³-hybridized carbons (Fsp3) is 0.313. The first-order valence-electron chi connectivity index (χ1n) is 36.0. The van der Waals surface area contributed by atoms with Crippen molar-refractivity contribution in [3.05, 3.63) is 233 Å². The fourth-order valence-corrected chi connectivity index (χ4v) is 11.9. The Hall–Kier alpha value is -10.7. The van der Waals surface area contributed by atoms with E-state index in [1.54, 1.807) is 78.9 Å². The van der Waals surface area contributed by atoms with Gasteiger partial charge in [0.1, 0.15) is 85.6 Å². The number of carbonyl (C=O) groups excluding carboxylic acids is 5. The van der Waals surface area contributed by atoms with Gasteiger partial charge in [0.25, 0.3) is 17.7 Å². The number of nitrogens with zero attached hydrogens (tertiary/aromatic N) is 8. The van der Waals surface area contributed by atoms with Crippen LogP contribution in [0.3, 0.4) is 0 Å². The van der Waals surface area contributed by atoms with E-state index in [4.69, 9.17) is 46.0 Å². The van der Waals surface area contributed by atoms with Gasteiger partial charge in [-0.2, -0.15) is 0 Å². The Balaban J connectivity index is 0.000000199. The van der Waals surface area contributed by atoms with E-state index in [0.717, 1.165) is 105 Å². The van der Waals surface area contributed by atoms with Crippen LogP contribution in [-0.4, -0.2) is 188 Å². The number of carboxylic acids is 1. The van der Waals surface area contributed by atoms with E-state index in [1.165, 1.54) is 36.4 Å². The van der Waals surface area contributed by atoms with Gasteiger partial charge in [0.05, 0.1) is 30.2 Å². The molecule has 6 aromatic carbocycles. The number of nitrogens with two attached hydrogens (primary N) is 3. The van der Waals surface area contributed by atoms with Crippen molar-refractivity contribution in [2.24, 2.45) is 17.2 Å². The number of alkyl halides is 1. The summed E-state index contributed by atoms with van der Waals surface area (Å²) in [7, 11) is 0. The molecule has 0 radical (unpaired) electrons. The molecule has 0 aliphatic carbocycles. The fourth-order valence-electron chi connectivity index (χ4n) is 11.8. The molecule has 0 atom stereocenters. The van der Waals surface area contributed by atoms with Crippen LogP contribution >= 0.6 is 28.3 Å². The Morgan fingerprint density at radius 2 is 0.661 bits per heavy atom. The number of aromatic nitrogens is 3. The summed E-state index contributed by atoms with van der Waals surface area (Å²) in [5.74, 6) is -0.574. The molecule has 3 aliphatic rings. The van der Waals surface area contributed by atoms with E-state index in [-0.39, 0.29) is 82.9 Å². The van der Waals surface area contributed by atoms with Crippen molar-refractivity contribution >= 4 is 64.0 Å². The lowest BCUT2D eigenvalue weighted by Gasteiger charge is -2.34. The van der Waals surface area contributed by atoms with Crippen LogP contribution in [0.5, 0.6) is 34.5 Å². The average molecular weight is 1620 g/mol. The molecular weight excluding hydrogens is 1530 g/mol. The van der Waals surface area contributed by atoms with E-state index < -0.39 is 29.3 Å². The minimum absolute atomic E-state index is 0.